The van der Waals surface area contributed by atoms with Gasteiger partial charge in [0.15, 0.2) is 0 Å². The molecule has 1 fully saturated rings. The molecule has 1 aromatic carbocycles. The van der Waals surface area contributed by atoms with Gasteiger partial charge in [-0.15, -0.1) is 0 Å². The number of benzene rings is 1. The van der Waals surface area contributed by atoms with Crippen molar-refractivity contribution < 1.29 is 23.5 Å². The minimum Gasteiger partial charge on any atom is -0.481 e. The number of fused-ring (bicyclic) bond motifs is 1. The van der Waals surface area contributed by atoms with E-state index in [9.17, 15) is 14.0 Å². The Labute approximate surface area is 113 Å². The average Bonchev–Trinajstić information content (AvgIpc) is 2.97. The first-order chi connectivity index (χ1) is 9.49. The number of carbonyl (C=O) groups excluding carboxylic acids is 1. The fourth-order valence-electron chi connectivity index (χ4n) is 2.27. The standard InChI is InChI=1S/C14H12FNO4/c15-8-1-2-11-9(5-8)10(7-20-11)13(19)16-14(3-4-14)6-12(17)18/h1-2,5,7H,3-4,6H2,(H,16,19)(H,17,18). The highest BCUT2D eigenvalue weighted by atomic mass is 19.1. The van der Waals surface area contributed by atoms with Gasteiger partial charge in [0.1, 0.15) is 17.7 Å². The molecule has 0 atom stereocenters. The number of halogens is 1. The van der Waals surface area contributed by atoms with Crippen LogP contribution in [0.25, 0.3) is 11.0 Å². The van der Waals surface area contributed by atoms with Gasteiger partial charge >= 0.3 is 5.97 Å². The highest BCUT2D eigenvalue weighted by molar-refractivity contribution is 6.06. The normalized spacial score (nSPS) is 16.1. The van der Waals surface area contributed by atoms with Crippen LogP contribution in [0.15, 0.2) is 28.9 Å². The number of hydrogen-bond acceptors (Lipinski definition) is 3. The number of carbonyl (C=O) groups is 2. The summed E-state index contributed by atoms with van der Waals surface area (Å²) < 4.78 is 18.4. The van der Waals surface area contributed by atoms with Crippen molar-refractivity contribution in [2.75, 3.05) is 0 Å². The van der Waals surface area contributed by atoms with Gasteiger partial charge in [-0.1, -0.05) is 0 Å². The van der Waals surface area contributed by atoms with Gasteiger partial charge in [-0.05, 0) is 31.0 Å². The predicted octanol–water partition coefficient (Wildman–Crippen LogP) is 2.31. The van der Waals surface area contributed by atoms with Crippen molar-refractivity contribution in [2.24, 2.45) is 0 Å². The topological polar surface area (TPSA) is 79.5 Å². The molecule has 0 radical (unpaired) electrons. The van der Waals surface area contributed by atoms with Crippen LogP contribution in [-0.2, 0) is 4.79 Å². The highest BCUT2D eigenvalue weighted by Gasteiger charge is 2.46. The number of carboxylic acid groups (broad SMARTS) is 1. The summed E-state index contributed by atoms with van der Waals surface area (Å²) in [6, 6.07) is 3.93. The third-order valence-corrected chi connectivity index (χ3v) is 3.50. The minimum atomic E-state index is -0.953. The molecule has 1 heterocycles. The van der Waals surface area contributed by atoms with Crippen LogP contribution in [0.4, 0.5) is 4.39 Å². The molecule has 104 valence electrons. The lowest BCUT2D eigenvalue weighted by atomic mass is 10.1. The Bertz CT molecular complexity index is 702. The van der Waals surface area contributed by atoms with Gasteiger partial charge in [0, 0.05) is 5.39 Å². The maximum atomic E-state index is 13.2. The van der Waals surface area contributed by atoms with Gasteiger partial charge in [0.25, 0.3) is 5.91 Å². The molecule has 3 rings (SSSR count). The summed E-state index contributed by atoms with van der Waals surface area (Å²) in [7, 11) is 0. The van der Waals surface area contributed by atoms with Crippen LogP contribution in [0.3, 0.4) is 0 Å². The Morgan fingerprint density at radius 2 is 2.15 bits per heavy atom. The summed E-state index contributed by atoms with van der Waals surface area (Å²) in [6.45, 7) is 0. The number of carboxylic acids is 1. The van der Waals surface area contributed by atoms with Crippen LogP contribution in [0.5, 0.6) is 0 Å². The Kier molecular flexibility index (Phi) is 2.74. The van der Waals surface area contributed by atoms with Gasteiger partial charge in [-0.2, -0.15) is 0 Å². The van der Waals surface area contributed by atoms with Crippen LogP contribution < -0.4 is 5.32 Å². The van der Waals surface area contributed by atoms with Gasteiger partial charge in [-0.25, -0.2) is 4.39 Å². The molecule has 0 saturated heterocycles. The second-order valence-electron chi connectivity index (χ2n) is 5.09. The quantitative estimate of drug-likeness (QED) is 0.898. The first-order valence-electron chi connectivity index (χ1n) is 6.20. The molecule has 0 aliphatic heterocycles. The predicted molar refractivity (Wildman–Crippen MR) is 67.9 cm³/mol. The monoisotopic (exact) mass is 277 g/mol. The van der Waals surface area contributed by atoms with Crippen molar-refractivity contribution in [2.45, 2.75) is 24.8 Å². The molecule has 0 unspecified atom stereocenters. The highest BCUT2D eigenvalue weighted by Crippen LogP contribution is 2.39. The summed E-state index contributed by atoms with van der Waals surface area (Å²) >= 11 is 0. The Morgan fingerprint density at radius 1 is 1.40 bits per heavy atom. The Balaban J connectivity index is 1.86. The molecular formula is C14H12FNO4. The van der Waals surface area contributed by atoms with E-state index in [1.807, 2.05) is 0 Å². The van der Waals surface area contributed by atoms with Crippen molar-refractivity contribution in [3.8, 4) is 0 Å². The molecule has 1 saturated carbocycles. The molecule has 1 aliphatic carbocycles. The van der Waals surface area contributed by atoms with E-state index in [0.29, 0.717) is 23.8 Å². The lowest BCUT2D eigenvalue weighted by Gasteiger charge is -2.14. The molecule has 20 heavy (non-hydrogen) atoms. The van der Waals surface area contributed by atoms with Crippen LogP contribution >= 0.6 is 0 Å². The second-order valence-corrected chi connectivity index (χ2v) is 5.09. The van der Waals surface area contributed by atoms with Crippen LogP contribution in [0, 0.1) is 5.82 Å². The molecule has 1 amide bonds. The second kappa shape index (κ2) is 4.33. The molecular weight excluding hydrogens is 265 g/mol. The van der Waals surface area contributed by atoms with Crippen molar-refractivity contribution in [1.29, 1.82) is 0 Å². The first kappa shape index (κ1) is 12.7. The zero-order chi connectivity index (χ0) is 14.3. The molecule has 2 N–H and O–H groups in total. The molecule has 0 bridgehead atoms. The number of rotatable bonds is 4. The summed E-state index contributed by atoms with van der Waals surface area (Å²) in [5, 5.41) is 11.9. The summed E-state index contributed by atoms with van der Waals surface area (Å²) in [6.07, 6.45) is 2.42. The third-order valence-electron chi connectivity index (χ3n) is 3.50. The fourth-order valence-corrected chi connectivity index (χ4v) is 2.27. The average molecular weight is 277 g/mol. The van der Waals surface area contributed by atoms with E-state index in [-0.39, 0.29) is 12.0 Å². The van der Waals surface area contributed by atoms with E-state index in [4.69, 9.17) is 9.52 Å². The minimum absolute atomic E-state index is 0.108. The maximum absolute atomic E-state index is 13.2. The summed E-state index contributed by atoms with van der Waals surface area (Å²) in [4.78, 5) is 22.9. The molecule has 5 nitrogen and oxygen atoms in total. The molecule has 6 heteroatoms. The maximum Gasteiger partial charge on any atom is 0.305 e. The van der Waals surface area contributed by atoms with Crippen molar-refractivity contribution in [3.05, 3.63) is 35.8 Å². The zero-order valence-electron chi connectivity index (χ0n) is 10.5. The molecule has 2 aromatic rings. The Hall–Kier alpha value is -2.37. The van der Waals surface area contributed by atoms with E-state index >= 15 is 0 Å². The number of furan rings is 1. The first-order valence-corrected chi connectivity index (χ1v) is 6.20. The number of nitrogens with one attached hydrogen (secondary N) is 1. The van der Waals surface area contributed by atoms with Crippen LogP contribution in [0.1, 0.15) is 29.6 Å². The van der Waals surface area contributed by atoms with Crippen molar-refractivity contribution in [3.63, 3.8) is 0 Å². The lowest BCUT2D eigenvalue weighted by Crippen LogP contribution is -2.38. The van der Waals surface area contributed by atoms with Crippen LogP contribution in [0.2, 0.25) is 0 Å². The van der Waals surface area contributed by atoms with Gasteiger partial charge in [0.05, 0.1) is 17.5 Å². The summed E-state index contributed by atoms with van der Waals surface area (Å²) in [5.41, 5.74) is -0.0318. The van der Waals surface area contributed by atoms with E-state index < -0.39 is 23.2 Å². The fraction of sp³-hybridized carbons (Fsp3) is 0.286. The lowest BCUT2D eigenvalue weighted by molar-refractivity contribution is -0.137. The third kappa shape index (κ3) is 2.24. The van der Waals surface area contributed by atoms with Gasteiger partial charge < -0.3 is 14.8 Å². The number of aliphatic carboxylic acids is 1. The molecule has 1 aromatic heterocycles. The van der Waals surface area contributed by atoms with Crippen molar-refractivity contribution >= 4 is 22.8 Å². The Morgan fingerprint density at radius 3 is 2.80 bits per heavy atom. The van der Waals surface area contributed by atoms with Gasteiger partial charge in [0.2, 0.25) is 0 Å². The molecule has 0 spiro atoms. The van der Waals surface area contributed by atoms with Crippen LogP contribution in [-0.4, -0.2) is 22.5 Å². The van der Waals surface area contributed by atoms with E-state index in [2.05, 4.69) is 5.32 Å². The SMILES string of the molecule is O=C(O)CC1(NC(=O)c2coc3ccc(F)cc23)CC1. The largest absolute Gasteiger partial charge is 0.481 e. The van der Waals surface area contributed by atoms with Gasteiger partial charge in [-0.3, -0.25) is 9.59 Å². The van der Waals surface area contributed by atoms with E-state index in [1.54, 1.807) is 0 Å². The number of hydrogen-bond donors (Lipinski definition) is 2. The molecule has 1 aliphatic rings. The van der Waals surface area contributed by atoms with Crippen molar-refractivity contribution in [1.82, 2.24) is 5.32 Å². The van der Waals surface area contributed by atoms with E-state index in [0.717, 1.165) is 0 Å². The van der Waals surface area contributed by atoms with E-state index in [1.165, 1.54) is 24.5 Å². The smallest absolute Gasteiger partial charge is 0.305 e. The number of amides is 1. The summed E-state index contributed by atoms with van der Waals surface area (Å²) in [5.74, 6) is -1.85. The zero-order valence-corrected chi connectivity index (χ0v) is 10.5.